The number of nitrogens with two attached hydrogens (primary N) is 1. The fraction of sp³-hybridized carbons (Fsp3) is 0.267. The first-order valence-corrected chi connectivity index (χ1v) is 6.19. The predicted molar refractivity (Wildman–Crippen MR) is 72.3 cm³/mol. The summed E-state index contributed by atoms with van der Waals surface area (Å²) in [5.74, 6) is 0.817. The smallest absolute Gasteiger partial charge is 0.155 e. The van der Waals surface area contributed by atoms with Crippen molar-refractivity contribution in [2.75, 3.05) is 0 Å². The molecule has 0 aliphatic rings. The normalized spacial score (nSPS) is 13.9. The lowest BCUT2D eigenvalue weighted by molar-refractivity contribution is 0.166. The van der Waals surface area contributed by atoms with Crippen LogP contribution in [0.4, 0.5) is 0 Å². The summed E-state index contributed by atoms with van der Waals surface area (Å²) in [6.45, 7) is 2.05. The summed E-state index contributed by atoms with van der Waals surface area (Å²) in [4.78, 5) is 4.34. The number of ether oxygens (including phenoxy) is 1. The van der Waals surface area contributed by atoms with Gasteiger partial charge in [0, 0.05) is 12.2 Å². The molecule has 18 heavy (non-hydrogen) atoms. The molecule has 3 nitrogen and oxygen atoms in total. The maximum absolute atomic E-state index is 6.13. The lowest BCUT2D eigenvalue weighted by Crippen LogP contribution is -2.32. The number of pyridine rings is 1. The van der Waals surface area contributed by atoms with Crippen LogP contribution < -0.4 is 10.5 Å². The Morgan fingerprint density at radius 3 is 2.44 bits per heavy atom. The van der Waals surface area contributed by atoms with Gasteiger partial charge in [-0.3, -0.25) is 4.98 Å². The zero-order chi connectivity index (χ0) is 12.8. The fourth-order valence-electron chi connectivity index (χ4n) is 1.77. The quantitative estimate of drug-likeness (QED) is 0.877. The average molecular weight is 242 g/mol. The second kappa shape index (κ2) is 6.17. The van der Waals surface area contributed by atoms with Crippen molar-refractivity contribution in [2.24, 2.45) is 5.73 Å². The molecule has 1 heterocycles. The third kappa shape index (κ3) is 3.08. The molecule has 2 atom stereocenters. The second-order valence-electron chi connectivity index (χ2n) is 4.18. The Morgan fingerprint density at radius 2 is 1.83 bits per heavy atom. The average Bonchev–Trinajstić information content (AvgIpc) is 2.46. The van der Waals surface area contributed by atoms with E-state index in [4.69, 9.17) is 10.5 Å². The summed E-state index contributed by atoms with van der Waals surface area (Å²) in [6, 6.07) is 15.4. The van der Waals surface area contributed by atoms with Crippen LogP contribution in [-0.4, -0.2) is 11.0 Å². The van der Waals surface area contributed by atoms with Gasteiger partial charge in [0.05, 0.1) is 5.69 Å². The molecule has 0 saturated heterocycles. The van der Waals surface area contributed by atoms with Crippen LogP contribution in [0.5, 0.6) is 5.75 Å². The largest absolute Gasteiger partial charge is 0.482 e. The third-order valence-corrected chi connectivity index (χ3v) is 2.85. The van der Waals surface area contributed by atoms with Crippen LogP contribution in [0.15, 0.2) is 54.7 Å². The number of rotatable bonds is 5. The number of hydrogen-bond donors (Lipinski definition) is 1. The van der Waals surface area contributed by atoms with Gasteiger partial charge in [0.2, 0.25) is 0 Å². The Labute approximate surface area is 108 Å². The van der Waals surface area contributed by atoms with Crippen LogP contribution >= 0.6 is 0 Å². The van der Waals surface area contributed by atoms with Crippen molar-refractivity contribution in [1.82, 2.24) is 4.98 Å². The first kappa shape index (κ1) is 12.6. The Bertz CT molecular complexity index is 458. The topological polar surface area (TPSA) is 48.1 Å². The summed E-state index contributed by atoms with van der Waals surface area (Å²) in [6.07, 6.45) is 2.39. The Kier molecular flexibility index (Phi) is 4.31. The van der Waals surface area contributed by atoms with Crippen LogP contribution in [0.1, 0.15) is 25.1 Å². The minimum absolute atomic E-state index is 0.0693. The summed E-state index contributed by atoms with van der Waals surface area (Å²) >= 11 is 0. The first-order valence-electron chi connectivity index (χ1n) is 6.19. The first-order chi connectivity index (χ1) is 8.81. The summed E-state index contributed by atoms with van der Waals surface area (Å²) in [5, 5.41) is 0. The van der Waals surface area contributed by atoms with Crippen LogP contribution in [0, 0.1) is 0 Å². The number of para-hydroxylation sites is 1. The van der Waals surface area contributed by atoms with Crippen LogP contribution in [-0.2, 0) is 0 Å². The van der Waals surface area contributed by atoms with Crippen molar-refractivity contribution < 1.29 is 4.74 Å². The lowest BCUT2D eigenvalue weighted by Gasteiger charge is -2.23. The van der Waals surface area contributed by atoms with Gasteiger partial charge in [-0.1, -0.05) is 31.2 Å². The standard InChI is InChI=1S/C15H18N2O/c1-2-13(16)15(14-10-6-7-11-17-14)18-12-8-4-3-5-9-12/h3-11,13,15H,2,16H2,1H3. The monoisotopic (exact) mass is 242 g/mol. The summed E-state index contributed by atoms with van der Waals surface area (Å²) in [5.41, 5.74) is 7.00. The van der Waals surface area contributed by atoms with E-state index in [0.29, 0.717) is 0 Å². The van der Waals surface area contributed by atoms with Gasteiger partial charge in [0.25, 0.3) is 0 Å². The van der Waals surface area contributed by atoms with Gasteiger partial charge in [-0.05, 0) is 30.7 Å². The molecule has 2 aromatic rings. The molecule has 94 valence electrons. The van der Waals surface area contributed by atoms with Crippen molar-refractivity contribution >= 4 is 0 Å². The van der Waals surface area contributed by atoms with E-state index in [9.17, 15) is 0 Å². The predicted octanol–water partition coefficient (Wildman–Crippen LogP) is 2.94. The van der Waals surface area contributed by atoms with Gasteiger partial charge in [-0.15, -0.1) is 0 Å². The highest BCUT2D eigenvalue weighted by Gasteiger charge is 2.21. The molecule has 0 amide bonds. The summed E-state index contributed by atoms with van der Waals surface area (Å²) in [7, 11) is 0. The summed E-state index contributed by atoms with van der Waals surface area (Å²) < 4.78 is 5.97. The van der Waals surface area contributed by atoms with E-state index in [-0.39, 0.29) is 12.1 Å². The lowest BCUT2D eigenvalue weighted by atomic mass is 10.1. The fourth-order valence-corrected chi connectivity index (χ4v) is 1.77. The number of nitrogens with zero attached hydrogens (tertiary/aromatic N) is 1. The SMILES string of the molecule is CCC(N)C(Oc1ccccc1)c1ccccn1. The van der Waals surface area contributed by atoms with Crippen molar-refractivity contribution in [2.45, 2.75) is 25.5 Å². The van der Waals surface area contributed by atoms with Crippen molar-refractivity contribution in [3.05, 3.63) is 60.4 Å². The zero-order valence-electron chi connectivity index (χ0n) is 10.5. The molecule has 2 unspecified atom stereocenters. The molecule has 0 radical (unpaired) electrons. The van der Waals surface area contributed by atoms with Crippen LogP contribution in [0.25, 0.3) is 0 Å². The van der Waals surface area contributed by atoms with E-state index in [1.807, 2.05) is 48.5 Å². The molecule has 3 heteroatoms. The van der Waals surface area contributed by atoms with E-state index < -0.39 is 0 Å². The molecule has 1 aromatic carbocycles. The van der Waals surface area contributed by atoms with E-state index >= 15 is 0 Å². The molecule has 2 N–H and O–H groups in total. The van der Waals surface area contributed by atoms with E-state index in [1.165, 1.54) is 0 Å². The van der Waals surface area contributed by atoms with Crippen LogP contribution in [0.3, 0.4) is 0 Å². The Morgan fingerprint density at radius 1 is 1.11 bits per heavy atom. The van der Waals surface area contributed by atoms with E-state index in [0.717, 1.165) is 17.9 Å². The molecule has 0 spiro atoms. The molecule has 0 aliphatic heterocycles. The maximum atomic E-state index is 6.13. The van der Waals surface area contributed by atoms with Crippen molar-refractivity contribution in [1.29, 1.82) is 0 Å². The maximum Gasteiger partial charge on any atom is 0.155 e. The number of hydrogen-bond acceptors (Lipinski definition) is 3. The van der Waals surface area contributed by atoms with Crippen LogP contribution in [0.2, 0.25) is 0 Å². The molecule has 0 aliphatic carbocycles. The van der Waals surface area contributed by atoms with Gasteiger partial charge in [-0.2, -0.15) is 0 Å². The number of aromatic nitrogens is 1. The van der Waals surface area contributed by atoms with Gasteiger partial charge in [-0.25, -0.2) is 0 Å². The highest BCUT2D eigenvalue weighted by molar-refractivity contribution is 5.23. The highest BCUT2D eigenvalue weighted by Crippen LogP contribution is 2.23. The van der Waals surface area contributed by atoms with Gasteiger partial charge < -0.3 is 10.5 Å². The van der Waals surface area contributed by atoms with Gasteiger partial charge >= 0.3 is 0 Å². The molecule has 0 saturated carbocycles. The molecule has 0 fully saturated rings. The molecule has 0 bridgehead atoms. The van der Waals surface area contributed by atoms with Crippen molar-refractivity contribution in [3.8, 4) is 5.75 Å². The minimum Gasteiger partial charge on any atom is -0.482 e. The Hall–Kier alpha value is -1.87. The van der Waals surface area contributed by atoms with Crippen molar-refractivity contribution in [3.63, 3.8) is 0 Å². The van der Waals surface area contributed by atoms with E-state index in [1.54, 1.807) is 6.20 Å². The molecule has 2 rings (SSSR count). The Balaban J connectivity index is 2.21. The number of benzene rings is 1. The van der Waals surface area contributed by atoms with Gasteiger partial charge in [0.1, 0.15) is 5.75 Å². The third-order valence-electron chi connectivity index (χ3n) is 2.85. The zero-order valence-corrected chi connectivity index (χ0v) is 10.5. The molecular weight excluding hydrogens is 224 g/mol. The molecule has 1 aromatic heterocycles. The highest BCUT2D eigenvalue weighted by atomic mass is 16.5. The molecular formula is C15H18N2O. The second-order valence-corrected chi connectivity index (χ2v) is 4.18. The van der Waals surface area contributed by atoms with Gasteiger partial charge in [0.15, 0.2) is 6.10 Å². The minimum atomic E-state index is -0.210. The van der Waals surface area contributed by atoms with E-state index in [2.05, 4.69) is 11.9 Å².